The third-order valence-electron chi connectivity index (χ3n) is 1.43. The summed E-state index contributed by atoms with van der Waals surface area (Å²) in [7, 11) is 0. The van der Waals surface area contributed by atoms with Gasteiger partial charge in [0.25, 0.3) is 0 Å². The van der Waals surface area contributed by atoms with E-state index in [2.05, 4.69) is 0 Å². The maximum absolute atomic E-state index is 11.8. The summed E-state index contributed by atoms with van der Waals surface area (Å²) in [6, 6.07) is 4.12. The molecule has 0 aromatic heterocycles. The summed E-state index contributed by atoms with van der Waals surface area (Å²) in [6.07, 6.45) is 0.187. The highest BCUT2D eigenvalue weighted by Gasteiger charge is 2.00. The van der Waals surface area contributed by atoms with Gasteiger partial charge in [-0.05, 0) is 11.6 Å². The molecule has 0 amide bonds. The predicted molar refractivity (Wildman–Crippen MR) is 39.5 cm³/mol. The highest BCUT2D eigenvalue weighted by atomic mass is 19.1. The molecule has 11 heavy (non-hydrogen) atoms. The number of phenolic OH excluding ortho intramolecular Hbond substituents is 2. The van der Waals surface area contributed by atoms with Gasteiger partial charge in [0, 0.05) is 12.5 Å². The minimum atomic E-state index is -0.502. The van der Waals surface area contributed by atoms with Crippen molar-refractivity contribution in [2.24, 2.45) is 0 Å². The first-order valence-electron chi connectivity index (χ1n) is 3.31. The third-order valence-corrected chi connectivity index (χ3v) is 1.43. The zero-order chi connectivity index (χ0) is 8.27. The molecule has 0 unspecified atom stereocenters. The normalized spacial score (nSPS) is 9.91. The minimum absolute atomic E-state index is 0.00916. The van der Waals surface area contributed by atoms with Crippen LogP contribution in [0.3, 0.4) is 0 Å². The maximum atomic E-state index is 11.8. The molecule has 3 heteroatoms. The molecule has 0 saturated heterocycles. The van der Waals surface area contributed by atoms with E-state index >= 15 is 0 Å². The van der Waals surface area contributed by atoms with Gasteiger partial charge in [-0.15, -0.1) is 0 Å². The molecule has 0 atom stereocenters. The second-order valence-corrected chi connectivity index (χ2v) is 2.25. The van der Waals surface area contributed by atoms with Crippen molar-refractivity contribution >= 4 is 0 Å². The number of hydrogen-bond donors (Lipinski definition) is 2. The summed E-state index contributed by atoms with van der Waals surface area (Å²) < 4.78 is 11.8. The van der Waals surface area contributed by atoms with Gasteiger partial charge in [-0.2, -0.15) is 0 Å². The zero-order valence-electron chi connectivity index (χ0n) is 5.92. The van der Waals surface area contributed by atoms with Crippen LogP contribution in [-0.2, 0) is 6.42 Å². The Kier molecular flexibility index (Phi) is 2.31. The summed E-state index contributed by atoms with van der Waals surface area (Å²) in [5.74, 6) is -0.0623. The Hall–Kier alpha value is -1.25. The van der Waals surface area contributed by atoms with Gasteiger partial charge in [-0.1, -0.05) is 6.07 Å². The molecular formula is C8H9FO2. The lowest BCUT2D eigenvalue weighted by molar-refractivity contribution is 0.437. The quantitative estimate of drug-likeness (QED) is 0.682. The lowest BCUT2D eigenvalue weighted by Gasteiger charge is -2.00. The van der Waals surface area contributed by atoms with Gasteiger partial charge >= 0.3 is 0 Å². The van der Waals surface area contributed by atoms with Crippen LogP contribution in [0.25, 0.3) is 0 Å². The van der Waals surface area contributed by atoms with Crippen molar-refractivity contribution in [2.45, 2.75) is 6.42 Å². The van der Waals surface area contributed by atoms with E-state index < -0.39 is 6.67 Å². The van der Waals surface area contributed by atoms with E-state index in [0.29, 0.717) is 5.56 Å². The summed E-state index contributed by atoms with van der Waals surface area (Å²) >= 11 is 0. The fourth-order valence-electron chi connectivity index (χ4n) is 0.865. The Bertz CT molecular complexity index is 248. The molecule has 0 aliphatic heterocycles. The largest absolute Gasteiger partial charge is 0.508 e. The molecule has 2 nitrogen and oxygen atoms in total. The van der Waals surface area contributed by atoms with E-state index in [1.54, 1.807) is 0 Å². The highest BCUT2D eigenvalue weighted by molar-refractivity contribution is 5.38. The molecule has 60 valence electrons. The number of rotatable bonds is 2. The Labute approximate surface area is 63.9 Å². The molecule has 0 aliphatic carbocycles. The van der Waals surface area contributed by atoms with E-state index in [1.807, 2.05) is 0 Å². The van der Waals surface area contributed by atoms with Crippen LogP contribution in [-0.4, -0.2) is 16.9 Å². The van der Waals surface area contributed by atoms with Crippen molar-refractivity contribution in [3.8, 4) is 11.5 Å². The molecule has 0 spiro atoms. The second kappa shape index (κ2) is 3.23. The number of aryl methyl sites for hydroxylation is 1. The van der Waals surface area contributed by atoms with Crippen molar-refractivity contribution in [1.82, 2.24) is 0 Å². The average Bonchev–Trinajstić information content (AvgIpc) is 1.95. The van der Waals surface area contributed by atoms with Crippen LogP contribution in [0.5, 0.6) is 11.5 Å². The highest BCUT2D eigenvalue weighted by Crippen LogP contribution is 2.22. The van der Waals surface area contributed by atoms with Gasteiger partial charge in [-0.25, -0.2) is 0 Å². The minimum Gasteiger partial charge on any atom is -0.508 e. The zero-order valence-corrected chi connectivity index (χ0v) is 5.92. The van der Waals surface area contributed by atoms with Crippen molar-refractivity contribution in [2.75, 3.05) is 6.67 Å². The predicted octanol–water partition coefficient (Wildman–Crippen LogP) is 1.61. The van der Waals surface area contributed by atoms with Crippen LogP contribution in [0, 0.1) is 0 Å². The van der Waals surface area contributed by atoms with E-state index in [9.17, 15) is 4.39 Å². The van der Waals surface area contributed by atoms with E-state index in [4.69, 9.17) is 10.2 Å². The summed E-state index contributed by atoms with van der Waals surface area (Å²) in [4.78, 5) is 0. The molecule has 0 aliphatic rings. The smallest absolute Gasteiger partial charge is 0.122 e. The van der Waals surface area contributed by atoms with Crippen molar-refractivity contribution < 1.29 is 14.6 Å². The average molecular weight is 156 g/mol. The van der Waals surface area contributed by atoms with Gasteiger partial charge in [0.05, 0.1) is 6.67 Å². The SMILES string of the molecule is Oc1ccc(CCF)c(O)c1. The van der Waals surface area contributed by atoms with Crippen molar-refractivity contribution in [1.29, 1.82) is 0 Å². The number of benzene rings is 1. The van der Waals surface area contributed by atoms with Crippen molar-refractivity contribution in [3.63, 3.8) is 0 Å². The lowest BCUT2D eigenvalue weighted by atomic mass is 10.1. The molecule has 1 aromatic carbocycles. The van der Waals surface area contributed by atoms with Crippen LogP contribution in [0.1, 0.15) is 5.56 Å². The molecule has 2 N–H and O–H groups in total. The number of aromatic hydroxyl groups is 2. The second-order valence-electron chi connectivity index (χ2n) is 2.25. The first-order chi connectivity index (χ1) is 5.24. The summed E-state index contributed by atoms with van der Waals surface area (Å²) in [6.45, 7) is -0.502. The summed E-state index contributed by atoms with van der Waals surface area (Å²) in [5, 5.41) is 17.9. The Morgan fingerprint density at radius 1 is 1.27 bits per heavy atom. The molecule has 1 rings (SSSR count). The third kappa shape index (κ3) is 1.83. The van der Waals surface area contributed by atoms with Gasteiger partial charge in [0.15, 0.2) is 0 Å². The Morgan fingerprint density at radius 3 is 2.55 bits per heavy atom. The fraction of sp³-hybridized carbons (Fsp3) is 0.250. The molecule has 0 heterocycles. The Morgan fingerprint density at radius 2 is 2.00 bits per heavy atom. The monoisotopic (exact) mass is 156 g/mol. The van der Waals surface area contributed by atoms with E-state index in [1.165, 1.54) is 18.2 Å². The molecular weight excluding hydrogens is 147 g/mol. The first kappa shape index (κ1) is 7.85. The molecule has 0 radical (unpaired) electrons. The van der Waals surface area contributed by atoms with Crippen LogP contribution in [0.4, 0.5) is 4.39 Å². The van der Waals surface area contributed by atoms with E-state index in [-0.39, 0.29) is 17.9 Å². The van der Waals surface area contributed by atoms with E-state index in [0.717, 1.165) is 0 Å². The maximum Gasteiger partial charge on any atom is 0.122 e. The van der Waals surface area contributed by atoms with Crippen LogP contribution in [0.15, 0.2) is 18.2 Å². The van der Waals surface area contributed by atoms with Crippen LogP contribution >= 0.6 is 0 Å². The first-order valence-corrected chi connectivity index (χ1v) is 3.31. The number of alkyl halides is 1. The fourth-order valence-corrected chi connectivity index (χ4v) is 0.865. The van der Waals surface area contributed by atoms with Gasteiger partial charge in [0.2, 0.25) is 0 Å². The Balaban J connectivity index is 2.90. The topological polar surface area (TPSA) is 40.5 Å². The molecule has 0 fully saturated rings. The number of hydrogen-bond acceptors (Lipinski definition) is 2. The molecule has 0 bridgehead atoms. The van der Waals surface area contributed by atoms with Gasteiger partial charge < -0.3 is 10.2 Å². The van der Waals surface area contributed by atoms with Gasteiger partial charge in [-0.3, -0.25) is 4.39 Å². The van der Waals surface area contributed by atoms with Crippen LogP contribution in [0.2, 0.25) is 0 Å². The summed E-state index contributed by atoms with van der Waals surface area (Å²) in [5.41, 5.74) is 0.519. The van der Waals surface area contributed by atoms with Gasteiger partial charge in [0.1, 0.15) is 11.5 Å². The molecule has 1 aromatic rings. The standard InChI is InChI=1S/C8H9FO2/c9-4-3-6-1-2-7(10)5-8(6)11/h1-2,5,10-11H,3-4H2. The molecule has 0 saturated carbocycles. The van der Waals surface area contributed by atoms with Crippen LogP contribution < -0.4 is 0 Å². The lowest BCUT2D eigenvalue weighted by Crippen LogP contribution is -1.86. The van der Waals surface area contributed by atoms with Crippen molar-refractivity contribution in [3.05, 3.63) is 23.8 Å². The number of halogens is 1. The number of phenols is 2.